The number of nitrogens with one attached hydrogen (secondary N) is 2. The number of aromatic nitrogens is 1. The van der Waals surface area contributed by atoms with E-state index in [2.05, 4.69) is 322 Å². The van der Waals surface area contributed by atoms with Crippen molar-refractivity contribution in [1.29, 1.82) is 0 Å². The fraction of sp³-hybridized carbons (Fsp3) is 0.492. The maximum absolute atomic E-state index is 11.8. The number of β-amino-alcohol motifs (C(OH)–C–C–N with tert-alkyl or cyclic N) is 1. The number of rotatable bonds is 23. The molecule has 766 valence electrons. The Balaban J connectivity index is 0.000000241. The zero-order valence-corrected chi connectivity index (χ0v) is 91.3. The normalized spacial score (nSPS) is 15.0. The highest BCUT2D eigenvalue weighted by Gasteiger charge is 2.25. The van der Waals surface area contributed by atoms with Crippen LogP contribution in [0.2, 0.25) is 0 Å². The second kappa shape index (κ2) is 62.7. The Hall–Kier alpha value is -10.7. The quantitative estimate of drug-likeness (QED) is 0.0175. The number of ketones is 3. The van der Waals surface area contributed by atoms with Crippen molar-refractivity contribution in [3.63, 3.8) is 0 Å². The molecule has 9 aromatic carbocycles. The molecular weight excluding hydrogens is 1740 g/mol. The number of nitrogen functional groups attached to an aromatic ring is 1. The number of carbonyl (C=O) groups is 5. The molecule has 2 unspecified atom stereocenters. The van der Waals surface area contributed by atoms with E-state index >= 15 is 0 Å². The van der Waals surface area contributed by atoms with E-state index in [0.29, 0.717) is 77.1 Å². The van der Waals surface area contributed by atoms with Crippen LogP contribution in [0, 0.1) is 12.8 Å². The predicted octanol–water partition coefficient (Wildman–Crippen LogP) is 29.5. The average Bonchev–Trinajstić information content (AvgIpc) is 1.65. The second-order valence-electron chi connectivity index (χ2n) is 42.0. The van der Waals surface area contributed by atoms with E-state index in [1.165, 1.54) is 98.5 Å². The van der Waals surface area contributed by atoms with Gasteiger partial charge in [-0.15, -0.1) is 0 Å². The summed E-state index contributed by atoms with van der Waals surface area (Å²) in [7, 11) is 0. The van der Waals surface area contributed by atoms with Gasteiger partial charge in [-0.1, -0.05) is 297 Å². The third-order valence-electron chi connectivity index (χ3n) is 27.5. The summed E-state index contributed by atoms with van der Waals surface area (Å²) >= 11 is 0. The van der Waals surface area contributed by atoms with Gasteiger partial charge in [0.05, 0.1) is 12.2 Å². The molecule has 6 N–H and O–H groups in total. The van der Waals surface area contributed by atoms with Crippen molar-refractivity contribution in [2.75, 3.05) is 67.1 Å². The highest BCUT2D eigenvalue weighted by atomic mass is 16.3. The van der Waals surface area contributed by atoms with Crippen LogP contribution >= 0.6 is 0 Å². The number of nitrogens with two attached hydrogens (primary N) is 1. The number of fused-ring (bicyclic) bond motifs is 2. The van der Waals surface area contributed by atoms with Crippen molar-refractivity contribution >= 4 is 46.2 Å². The van der Waals surface area contributed by atoms with E-state index in [9.17, 15) is 34.2 Å². The molecule has 0 bridgehead atoms. The molecule has 141 heavy (non-hydrogen) atoms. The first-order chi connectivity index (χ1) is 67.1. The first-order valence-electron chi connectivity index (χ1n) is 53.1. The van der Waals surface area contributed by atoms with Gasteiger partial charge in [0.1, 0.15) is 5.78 Å². The van der Waals surface area contributed by atoms with Crippen molar-refractivity contribution in [1.82, 2.24) is 20.6 Å². The molecule has 10 aromatic rings. The summed E-state index contributed by atoms with van der Waals surface area (Å²) in [5.74, 6) is 11.6. The zero-order valence-electron chi connectivity index (χ0n) is 91.3. The van der Waals surface area contributed by atoms with Gasteiger partial charge in [-0.25, -0.2) is 5.84 Å². The first kappa shape index (κ1) is 119. The van der Waals surface area contributed by atoms with Crippen LogP contribution in [-0.4, -0.2) is 120 Å². The fourth-order valence-corrected chi connectivity index (χ4v) is 17.4. The number of hydrogen-bond donors (Lipinski definition) is 5. The molecule has 0 saturated carbocycles. The minimum absolute atomic E-state index is 0.0205. The molecule has 2 amide bonds. The third kappa shape index (κ3) is 41.7. The highest BCUT2D eigenvalue weighted by molar-refractivity contribution is 5.96. The summed E-state index contributed by atoms with van der Waals surface area (Å²) in [6.07, 6.45) is 16.9. The summed E-state index contributed by atoms with van der Waals surface area (Å²) in [5, 5.41) is 22.0. The number of anilines is 3. The van der Waals surface area contributed by atoms with Gasteiger partial charge >= 0.3 is 0 Å². The zero-order chi connectivity index (χ0) is 104. The number of piperidine rings is 3. The smallest absolute Gasteiger partial charge is 0.265 e. The highest BCUT2D eigenvalue weighted by Crippen LogP contribution is 2.36. The lowest BCUT2D eigenvalue weighted by Gasteiger charge is -2.32. The second-order valence-corrected chi connectivity index (χ2v) is 42.0. The van der Waals surface area contributed by atoms with Crippen molar-refractivity contribution in [3.8, 4) is 0 Å². The first-order valence-corrected chi connectivity index (χ1v) is 53.1. The van der Waals surface area contributed by atoms with Gasteiger partial charge in [-0.05, 0) is 315 Å². The number of unbranched alkanes of at least 4 members (excludes halogenated alkanes) is 1. The van der Waals surface area contributed by atoms with Crippen LogP contribution in [-0.2, 0) is 24.2 Å². The monoisotopic (exact) mass is 1920 g/mol. The minimum Gasteiger partial charge on any atom is -0.393 e. The Morgan fingerprint density at radius 1 is 0.411 bits per heavy atom. The Morgan fingerprint density at radius 3 is 1.28 bits per heavy atom. The van der Waals surface area contributed by atoms with Crippen molar-refractivity contribution in [2.45, 2.75) is 347 Å². The Kier molecular flexibility index (Phi) is 52.9. The predicted molar refractivity (Wildman–Crippen MR) is 598 cm³/mol. The minimum atomic E-state index is -0.248. The molecule has 15 heteroatoms. The molecule has 3 saturated heterocycles. The van der Waals surface area contributed by atoms with Crippen molar-refractivity contribution < 1.29 is 34.2 Å². The topological polar surface area (TPSA) is 202 Å². The standard InChI is InChI=1S/C16H23NO.2C14H21NO.C14H20O.C13H19NO.C13H18.C12H17N.C11H14O.C10H14N2O.C9H13N/c1-12(2)14-4-6-16(7-5-14)17-10-8-15(9-11-17)13(3)18;1-11(2)12-3-5-13(6-4-12)15-9-7-14(16)8-10-15;1-11(2)12-5-7-13(8-6-12)15-9-3-4-14(16)10-15;1-4-5-9-14(15)13-8-6-7-12(10-13)11(2)3;1-4-9-14-13(15)12-7-5-11(6-8-12)10(2)3;1-9(2)12-7-6-11-5-4-10(3)13(11)8-12;1-10(2)13-8-7-11-5-3-4-6-12(11)9-13;1-8(2)10-4-6-11(7-5-10)9(3)12;1-7(2)8-4-3-5-9(6-8)10(13)12-11;1-7(2)9-6-10-5-4-8(9)3/h4-7,12,15H,8-11H2,1-3H3;3-6,11,14,16H,7-10H2,1-2H3;5-8,11,14,16H,3-4,9-10H2,1-2H3;6-8,10-11H,4-5,9H2,1-3H3;5-8,10H,4,9H2,1-3H3,(H,14,15);6-10H,4-5H2,1-3H3;3-6,10H,7-9H2,1-2H3;4-8H,1-3H3;3-7H,11H2,1-2H3,(H,12,13);4-7H,1-3H3. The summed E-state index contributed by atoms with van der Waals surface area (Å²) in [4.78, 5) is 70.4. The van der Waals surface area contributed by atoms with Gasteiger partial charge in [0.2, 0.25) is 0 Å². The van der Waals surface area contributed by atoms with Crippen LogP contribution in [0.4, 0.5) is 17.1 Å². The molecule has 15 rings (SSSR count). The van der Waals surface area contributed by atoms with Gasteiger partial charge in [0.25, 0.3) is 11.8 Å². The molecule has 1 aromatic heterocycles. The molecule has 3 fully saturated rings. The van der Waals surface area contributed by atoms with Crippen LogP contribution in [0.1, 0.15) is 422 Å². The Labute approximate surface area is 852 Å². The molecule has 0 radical (unpaired) electrons. The molecule has 2 atom stereocenters. The maximum atomic E-state index is 11.8. The van der Waals surface area contributed by atoms with Gasteiger partial charge in [-0.2, -0.15) is 0 Å². The average molecular weight is 1920 g/mol. The number of carbonyl (C=O) groups excluding carboxylic acids is 5. The molecule has 5 heterocycles. The SMILES string of the molecule is CC(=O)C1CCN(c2ccc(C(C)C)cc2)CC1.CC(=O)c1ccc(C(C)C)cc1.CC(C)N1CCc2ccccc2C1.CC(C)c1ccc(N2CCC(O)CC2)cc1.CC(C)c1ccc(N2CCCC(O)C2)cc1.CC(C)c1ccc2c(c1)C(C)CC2.CC(C)c1cccc(C(=O)NN)c1.CCCCC(=O)c1cccc(C(C)C)c1.CCCNC(=O)c1ccc(C(C)C)cc1.Cc1ccncc1C(C)C. The number of benzene rings is 9. The summed E-state index contributed by atoms with van der Waals surface area (Å²) in [6, 6.07) is 76.1. The van der Waals surface area contributed by atoms with E-state index in [1.54, 1.807) is 36.6 Å². The maximum Gasteiger partial charge on any atom is 0.265 e. The van der Waals surface area contributed by atoms with Crippen LogP contribution in [0.3, 0.4) is 0 Å². The summed E-state index contributed by atoms with van der Waals surface area (Å²) in [6.45, 7) is 64.6. The number of pyridine rings is 1. The van der Waals surface area contributed by atoms with Crippen molar-refractivity contribution in [2.24, 2.45) is 11.8 Å². The fourth-order valence-electron chi connectivity index (χ4n) is 17.4. The van der Waals surface area contributed by atoms with Crippen molar-refractivity contribution in [3.05, 3.63) is 331 Å². The van der Waals surface area contributed by atoms with E-state index in [0.717, 1.165) is 138 Å². The largest absolute Gasteiger partial charge is 0.393 e. The number of hydrogen-bond acceptors (Lipinski definition) is 13. The molecule has 1 aliphatic carbocycles. The molecular formula is C126H180N8O7. The molecule has 0 spiro atoms. The van der Waals surface area contributed by atoms with Gasteiger partial charge in [0, 0.05) is 129 Å². The molecule has 15 nitrogen and oxygen atoms in total. The van der Waals surface area contributed by atoms with Crippen LogP contribution < -0.4 is 31.3 Å². The van der Waals surface area contributed by atoms with E-state index in [4.69, 9.17) is 5.84 Å². The van der Waals surface area contributed by atoms with Crippen LogP contribution in [0.15, 0.2) is 231 Å². The lowest BCUT2D eigenvalue weighted by atomic mass is 9.93. The Morgan fingerprint density at radius 2 is 0.851 bits per heavy atom. The number of hydrazine groups is 1. The number of nitrogens with zero attached hydrogens (tertiary/aromatic N) is 5. The number of aliphatic hydroxyl groups excluding tert-OH is 2. The molecule has 5 aliphatic rings. The number of aryl methyl sites for hydroxylation is 2. The number of Topliss-reactive ketones (excluding diaryl/α,β-unsaturated/α-hetero) is 3. The van der Waals surface area contributed by atoms with E-state index in [-0.39, 0.29) is 41.5 Å². The van der Waals surface area contributed by atoms with Crippen LogP contribution in [0.25, 0.3) is 0 Å². The van der Waals surface area contributed by atoms with Gasteiger partial charge < -0.3 is 30.2 Å². The summed E-state index contributed by atoms with van der Waals surface area (Å²) < 4.78 is 0. The summed E-state index contributed by atoms with van der Waals surface area (Å²) in [5.41, 5.74) is 28.4. The van der Waals surface area contributed by atoms with E-state index < -0.39 is 0 Å². The van der Waals surface area contributed by atoms with Gasteiger partial charge in [-0.3, -0.25) is 39.3 Å². The third-order valence-corrected chi connectivity index (χ3v) is 27.5. The van der Waals surface area contributed by atoms with Crippen LogP contribution in [0.5, 0.6) is 0 Å². The molecule has 4 aliphatic heterocycles. The number of aliphatic hydroxyl groups is 2. The lowest BCUT2D eigenvalue weighted by molar-refractivity contribution is -0.121. The number of amides is 2. The van der Waals surface area contributed by atoms with E-state index in [1.807, 2.05) is 104 Å². The lowest BCUT2D eigenvalue weighted by Crippen LogP contribution is -2.38. The van der Waals surface area contributed by atoms with Gasteiger partial charge in [0.15, 0.2) is 11.6 Å². The Bertz CT molecular complexity index is 5270.